The largest absolute Gasteiger partial charge is 0.497 e. The highest BCUT2D eigenvalue weighted by Gasteiger charge is 1.95. The Hall–Kier alpha value is -0.780. The summed E-state index contributed by atoms with van der Waals surface area (Å²) in [6.07, 6.45) is 0. The predicted octanol–water partition coefficient (Wildman–Crippen LogP) is 2.66. The van der Waals surface area contributed by atoms with Gasteiger partial charge in [-0.05, 0) is 24.3 Å². The number of hydrogen-bond acceptors (Lipinski definition) is 2. The molecule has 4 heteroatoms. The van der Waals surface area contributed by atoms with Crippen molar-refractivity contribution in [1.82, 2.24) is 0 Å². The number of anilines is 1. The van der Waals surface area contributed by atoms with Crippen molar-refractivity contribution in [2.45, 2.75) is 0 Å². The van der Waals surface area contributed by atoms with Crippen molar-refractivity contribution in [3.05, 3.63) is 24.3 Å². The van der Waals surface area contributed by atoms with Crippen molar-refractivity contribution in [2.24, 2.45) is 0 Å². The van der Waals surface area contributed by atoms with Crippen LogP contribution in [0.2, 0.25) is 0 Å². The summed E-state index contributed by atoms with van der Waals surface area (Å²) in [4.78, 5) is 10.6. The number of rotatable bonds is 2. The van der Waals surface area contributed by atoms with Gasteiger partial charge in [-0.2, -0.15) is 0 Å². The number of methoxy groups -OCH3 is 1. The predicted molar refractivity (Wildman–Crippen MR) is 56.0 cm³/mol. The van der Waals surface area contributed by atoms with Crippen LogP contribution in [-0.2, 0) is 0 Å². The summed E-state index contributed by atoms with van der Waals surface area (Å²) in [7, 11) is 1.60. The molecule has 0 spiro atoms. The second-order valence-corrected chi connectivity index (χ2v) is 3.11. The van der Waals surface area contributed by atoms with Crippen molar-refractivity contribution in [3.63, 3.8) is 0 Å². The van der Waals surface area contributed by atoms with E-state index >= 15 is 0 Å². The van der Waals surface area contributed by atoms with E-state index in [1.54, 1.807) is 54.0 Å². The SMILES string of the molecule is COc1ccc(NC(=O)I)cc1. The van der Waals surface area contributed by atoms with Crippen LogP contribution >= 0.6 is 22.6 Å². The Balaban J connectivity index is 2.71. The van der Waals surface area contributed by atoms with Gasteiger partial charge in [0.25, 0.3) is 3.91 Å². The van der Waals surface area contributed by atoms with Crippen molar-refractivity contribution in [2.75, 3.05) is 12.4 Å². The van der Waals surface area contributed by atoms with E-state index in [9.17, 15) is 4.79 Å². The molecular formula is C8H8INO2. The number of halogens is 1. The molecule has 0 bridgehead atoms. The summed E-state index contributed by atoms with van der Waals surface area (Å²) >= 11 is 1.68. The maximum absolute atomic E-state index is 10.6. The van der Waals surface area contributed by atoms with E-state index in [1.807, 2.05) is 0 Å². The maximum Gasteiger partial charge on any atom is 0.284 e. The molecule has 1 amide bonds. The molecule has 0 aliphatic rings. The first-order valence-electron chi connectivity index (χ1n) is 3.33. The number of amides is 1. The Morgan fingerprint density at radius 1 is 1.42 bits per heavy atom. The second kappa shape index (κ2) is 4.30. The molecule has 12 heavy (non-hydrogen) atoms. The quantitative estimate of drug-likeness (QED) is 0.512. The van der Waals surface area contributed by atoms with Crippen molar-refractivity contribution < 1.29 is 9.53 Å². The molecule has 1 rings (SSSR count). The lowest BCUT2D eigenvalue weighted by molar-refractivity contribution is 0.272. The standard InChI is InChI=1S/C8H8INO2/c1-12-7-4-2-6(3-5-7)10-8(9)11/h2-5H,1H3,(H,10,11). The molecule has 0 aliphatic carbocycles. The Bertz CT molecular complexity index is 271. The average Bonchev–Trinajstić information content (AvgIpc) is 2.05. The van der Waals surface area contributed by atoms with Gasteiger partial charge in [-0.15, -0.1) is 0 Å². The van der Waals surface area contributed by atoms with E-state index < -0.39 is 0 Å². The van der Waals surface area contributed by atoms with E-state index in [0.717, 1.165) is 11.4 Å². The van der Waals surface area contributed by atoms with Crippen LogP contribution in [0, 0.1) is 0 Å². The molecule has 1 aromatic rings. The lowest BCUT2D eigenvalue weighted by Gasteiger charge is -2.02. The third-order valence-corrected chi connectivity index (χ3v) is 1.60. The molecule has 0 saturated carbocycles. The van der Waals surface area contributed by atoms with Crippen molar-refractivity contribution >= 4 is 32.2 Å². The average molecular weight is 277 g/mol. The molecule has 0 atom stereocenters. The van der Waals surface area contributed by atoms with Crippen molar-refractivity contribution in [1.29, 1.82) is 0 Å². The topological polar surface area (TPSA) is 38.3 Å². The second-order valence-electron chi connectivity index (χ2n) is 2.13. The third kappa shape index (κ3) is 2.69. The van der Waals surface area contributed by atoms with Gasteiger partial charge in [0.1, 0.15) is 5.75 Å². The van der Waals surface area contributed by atoms with Gasteiger partial charge in [0.2, 0.25) is 0 Å². The molecule has 0 fully saturated rings. The van der Waals surface area contributed by atoms with Crippen LogP contribution in [0.25, 0.3) is 0 Å². The number of carbonyl (C=O) groups is 1. The summed E-state index contributed by atoms with van der Waals surface area (Å²) in [5.74, 6) is 0.779. The highest BCUT2D eigenvalue weighted by Crippen LogP contribution is 2.15. The van der Waals surface area contributed by atoms with Crippen LogP contribution in [0.5, 0.6) is 5.75 Å². The Morgan fingerprint density at radius 3 is 2.42 bits per heavy atom. The van der Waals surface area contributed by atoms with Gasteiger partial charge in [0.05, 0.1) is 7.11 Å². The molecule has 3 nitrogen and oxygen atoms in total. The lowest BCUT2D eigenvalue weighted by atomic mass is 10.3. The zero-order chi connectivity index (χ0) is 8.97. The van der Waals surface area contributed by atoms with E-state index in [4.69, 9.17) is 4.74 Å². The van der Waals surface area contributed by atoms with Gasteiger partial charge in [-0.25, -0.2) is 0 Å². The van der Waals surface area contributed by atoms with Gasteiger partial charge in [-0.3, -0.25) is 4.79 Å². The van der Waals surface area contributed by atoms with Gasteiger partial charge in [0, 0.05) is 28.3 Å². The first-order valence-corrected chi connectivity index (χ1v) is 4.41. The number of benzene rings is 1. The van der Waals surface area contributed by atoms with E-state index in [0.29, 0.717) is 0 Å². The Labute approximate surface area is 84.2 Å². The highest BCUT2D eigenvalue weighted by atomic mass is 127. The monoisotopic (exact) mass is 277 g/mol. The van der Waals surface area contributed by atoms with Gasteiger partial charge < -0.3 is 10.1 Å². The first-order chi connectivity index (χ1) is 5.72. The molecule has 0 saturated heterocycles. The molecule has 0 heterocycles. The van der Waals surface area contributed by atoms with Crippen LogP contribution in [-0.4, -0.2) is 11.0 Å². The first kappa shape index (κ1) is 9.31. The van der Waals surface area contributed by atoms with Gasteiger partial charge >= 0.3 is 0 Å². The van der Waals surface area contributed by atoms with E-state index in [-0.39, 0.29) is 3.91 Å². The fourth-order valence-electron chi connectivity index (χ4n) is 0.788. The van der Waals surface area contributed by atoms with Crippen LogP contribution < -0.4 is 10.1 Å². The van der Waals surface area contributed by atoms with Crippen molar-refractivity contribution in [3.8, 4) is 5.75 Å². The Morgan fingerprint density at radius 2 is 2.00 bits per heavy atom. The zero-order valence-corrected chi connectivity index (χ0v) is 8.66. The normalized spacial score (nSPS) is 9.17. The number of hydrogen-bond donors (Lipinski definition) is 1. The molecule has 1 N–H and O–H groups in total. The Kier molecular flexibility index (Phi) is 3.33. The lowest BCUT2D eigenvalue weighted by Crippen LogP contribution is -1.99. The maximum atomic E-state index is 10.6. The zero-order valence-electron chi connectivity index (χ0n) is 6.50. The van der Waals surface area contributed by atoms with Gasteiger partial charge in [0.15, 0.2) is 0 Å². The summed E-state index contributed by atoms with van der Waals surface area (Å²) in [6, 6.07) is 7.16. The fraction of sp³-hybridized carbons (Fsp3) is 0.125. The molecule has 1 aromatic carbocycles. The minimum atomic E-state index is -0.0993. The van der Waals surface area contributed by atoms with Crippen LogP contribution in [0.3, 0.4) is 0 Å². The fourth-order valence-corrected chi connectivity index (χ4v) is 1.10. The number of ether oxygens (including phenoxy) is 1. The smallest absolute Gasteiger partial charge is 0.284 e. The molecule has 64 valence electrons. The van der Waals surface area contributed by atoms with Crippen LogP contribution in [0.4, 0.5) is 10.5 Å². The van der Waals surface area contributed by atoms with Gasteiger partial charge in [-0.1, -0.05) is 0 Å². The number of carbonyl (C=O) groups excluding carboxylic acids is 1. The molecule has 0 aliphatic heterocycles. The van der Waals surface area contributed by atoms with Crippen LogP contribution in [0.1, 0.15) is 0 Å². The van der Waals surface area contributed by atoms with Crippen LogP contribution in [0.15, 0.2) is 24.3 Å². The minimum absolute atomic E-state index is 0.0993. The summed E-state index contributed by atoms with van der Waals surface area (Å²) in [5, 5.41) is 2.65. The highest BCUT2D eigenvalue weighted by molar-refractivity contribution is 14.1. The summed E-state index contributed by atoms with van der Waals surface area (Å²) in [6.45, 7) is 0. The third-order valence-electron chi connectivity index (χ3n) is 1.33. The minimum Gasteiger partial charge on any atom is -0.497 e. The molecular weight excluding hydrogens is 269 g/mol. The van der Waals surface area contributed by atoms with E-state index in [1.165, 1.54) is 0 Å². The number of nitrogens with one attached hydrogen (secondary N) is 1. The summed E-state index contributed by atoms with van der Waals surface area (Å²) in [5.41, 5.74) is 0.773. The van der Waals surface area contributed by atoms with E-state index in [2.05, 4.69) is 5.32 Å². The summed E-state index contributed by atoms with van der Waals surface area (Å²) < 4.78 is 4.86. The molecule has 0 radical (unpaired) electrons. The molecule has 0 unspecified atom stereocenters. The molecule has 0 aromatic heterocycles.